The van der Waals surface area contributed by atoms with Crippen LogP contribution in [0.15, 0.2) is 48.6 Å². The summed E-state index contributed by atoms with van der Waals surface area (Å²) < 4.78 is 16.9. The van der Waals surface area contributed by atoms with Crippen LogP contribution in [0.2, 0.25) is 0 Å². The predicted octanol–water partition coefficient (Wildman–Crippen LogP) is 20.6. The molecule has 0 aromatic carbocycles. The maximum Gasteiger partial charge on any atom is 0.306 e. The van der Waals surface area contributed by atoms with Gasteiger partial charge >= 0.3 is 17.9 Å². The quantitative estimate of drug-likeness (QED) is 0.0261. The van der Waals surface area contributed by atoms with Gasteiger partial charge < -0.3 is 14.2 Å². The van der Waals surface area contributed by atoms with Crippen LogP contribution in [0.1, 0.15) is 323 Å². The summed E-state index contributed by atoms with van der Waals surface area (Å²) in [6.07, 6.45) is 72.7. The van der Waals surface area contributed by atoms with Crippen LogP contribution < -0.4 is 0 Å². The molecule has 0 amide bonds. The van der Waals surface area contributed by atoms with Gasteiger partial charge in [0.2, 0.25) is 0 Å². The molecular formula is C64H116O6. The van der Waals surface area contributed by atoms with E-state index in [-0.39, 0.29) is 31.1 Å². The van der Waals surface area contributed by atoms with Gasteiger partial charge in [-0.1, -0.05) is 256 Å². The highest BCUT2D eigenvalue weighted by Gasteiger charge is 2.19. The zero-order valence-electron chi connectivity index (χ0n) is 46.8. The van der Waals surface area contributed by atoms with Crippen LogP contribution in [-0.4, -0.2) is 37.2 Å². The molecular weight excluding hydrogens is 865 g/mol. The monoisotopic (exact) mass is 981 g/mol. The molecule has 1 atom stereocenters. The molecule has 0 radical (unpaired) electrons. The van der Waals surface area contributed by atoms with Crippen LogP contribution in [0, 0.1) is 0 Å². The molecule has 0 aliphatic rings. The maximum atomic E-state index is 12.8. The van der Waals surface area contributed by atoms with Gasteiger partial charge in [0.1, 0.15) is 13.2 Å². The molecule has 0 heterocycles. The molecule has 0 aliphatic carbocycles. The minimum Gasteiger partial charge on any atom is -0.462 e. The third kappa shape index (κ3) is 56.3. The molecule has 0 spiro atoms. The van der Waals surface area contributed by atoms with Gasteiger partial charge in [0.05, 0.1) is 0 Å². The van der Waals surface area contributed by atoms with Gasteiger partial charge in [-0.25, -0.2) is 0 Å². The van der Waals surface area contributed by atoms with Crippen LogP contribution in [0.3, 0.4) is 0 Å². The topological polar surface area (TPSA) is 78.9 Å². The smallest absolute Gasteiger partial charge is 0.306 e. The van der Waals surface area contributed by atoms with E-state index >= 15 is 0 Å². The summed E-state index contributed by atoms with van der Waals surface area (Å²) in [7, 11) is 0. The third-order valence-electron chi connectivity index (χ3n) is 13.5. The minimum absolute atomic E-state index is 0.0767. The van der Waals surface area contributed by atoms with Crippen LogP contribution in [-0.2, 0) is 28.6 Å². The Hall–Kier alpha value is -2.63. The van der Waals surface area contributed by atoms with Crippen molar-refractivity contribution in [3.63, 3.8) is 0 Å². The molecule has 0 rings (SSSR count). The second-order valence-corrected chi connectivity index (χ2v) is 20.6. The first kappa shape index (κ1) is 67.4. The van der Waals surface area contributed by atoms with Crippen LogP contribution in [0.5, 0.6) is 0 Å². The van der Waals surface area contributed by atoms with Crippen molar-refractivity contribution in [3.8, 4) is 0 Å². The van der Waals surface area contributed by atoms with E-state index in [0.29, 0.717) is 19.3 Å². The van der Waals surface area contributed by atoms with E-state index in [1.165, 1.54) is 205 Å². The minimum atomic E-state index is -0.779. The average Bonchev–Trinajstić information content (AvgIpc) is 3.36. The van der Waals surface area contributed by atoms with Crippen molar-refractivity contribution >= 4 is 17.9 Å². The van der Waals surface area contributed by atoms with Gasteiger partial charge in [-0.15, -0.1) is 0 Å². The second-order valence-electron chi connectivity index (χ2n) is 20.6. The van der Waals surface area contributed by atoms with Crippen LogP contribution in [0.4, 0.5) is 0 Å². The SMILES string of the molecule is CCCC/C=C\CCCCCCCC(=O)OCC(COC(=O)CCCCCCCCCCCCCCCCC/C=C\C/C=C\CCCCCCC)OC(=O)CCCCCCC/C=C\CCCCCCC. The lowest BCUT2D eigenvalue weighted by molar-refractivity contribution is -0.167. The Morgan fingerprint density at radius 1 is 0.286 bits per heavy atom. The molecule has 0 fully saturated rings. The molecule has 0 aromatic heterocycles. The number of allylic oxidation sites excluding steroid dienone is 8. The molecule has 0 aliphatic heterocycles. The summed E-state index contributed by atoms with van der Waals surface area (Å²) in [4.78, 5) is 38.1. The van der Waals surface area contributed by atoms with Crippen LogP contribution in [0.25, 0.3) is 0 Å². The number of unbranched alkanes of at least 4 members (excludes halogenated alkanes) is 37. The molecule has 6 nitrogen and oxygen atoms in total. The first-order valence-corrected chi connectivity index (χ1v) is 30.6. The van der Waals surface area contributed by atoms with Gasteiger partial charge in [0.25, 0.3) is 0 Å². The van der Waals surface area contributed by atoms with Crippen molar-refractivity contribution in [1.29, 1.82) is 0 Å². The first-order chi connectivity index (χ1) is 34.5. The van der Waals surface area contributed by atoms with Gasteiger partial charge in [0.15, 0.2) is 6.10 Å². The van der Waals surface area contributed by atoms with Crippen molar-refractivity contribution in [2.75, 3.05) is 13.2 Å². The fourth-order valence-corrected chi connectivity index (χ4v) is 8.86. The van der Waals surface area contributed by atoms with E-state index in [9.17, 15) is 14.4 Å². The zero-order valence-corrected chi connectivity index (χ0v) is 46.8. The average molecular weight is 982 g/mol. The lowest BCUT2D eigenvalue weighted by atomic mass is 10.0. The fraction of sp³-hybridized carbons (Fsp3) is 0.828. The number of carbonyl (C=O) groups excluding carboxylic acids is 3. The number of esters is 3. The number of hydrogen-bond donors (Lipinski definition) is 0. The summed E-state index contributed by atoms with van der Waals surface area (Å²) >= 11 is 0. The fourth-order valence-electron chi connectivity index (χ4n) is 8.86. The zero-order chi connectivity index (χ0) is 50.7. The molecule has 0 saturated carbocycles. The van der Waals surface area contributed by atoms with E-state index in [1.807, 2.05) is 0 Å². The molecule has 70 heavy (non-hydrogen) atoms. The predicted molar refractivity (Wildman–Crippen MR) is 302 cm³/mol. The summed E-state index contributed by atoms with van der Waals surface area (Å²) in [5, 5.41) is 0. The Morgan fingerprint density at radius 3 is 0.843 bits per heavy atom. The van der Waals surface area contributed by atoms with E-state index in [0.717, 1.165) is 77.0 Å². The lowest BCUT2D eigenvalue weighted by Crippen LogP contribution is -2.30. The number of hydrogen-bond acceptors (Lipinski definition) is 6. The third-order valence-corrected chi connectivity index (χ3v) is 13.5. The number of carbonyl (C=O) groups is 3. The highest BCUT2D eigenvalue weighted by molar-refractivity contribution is 5.71. The summed E-state index contributed by atoms with van der Waals surface area (Å²) in [5.41, 5.74) is 0. The number of rotatable bonds is 56. The molecule has 0 bridgehead atoms. The summed E-state index contributed by atoms with van der Waals surface area (Å²) in [6, 6.07) is 0. The van der Waals surface area contributed by atoms with Crippen molar-refractivity contribution in [2.45, 2.75) is 329 Å². The normalized spacial score (nSPS) is 12.3. The Labute approximate surface area is 435 Å². The van der Waals surface area contributed by atoms with Gasteiger partial charge in [-0.2, -0.15) is 0 Å². The maximum absolute atomic E-state index is 12.8. The van der Waals surface area contributed by atoms with E-state index in [2.05, 4.69) is 69.4 Å². The highest BCUT2D eigenvalue weighted by atomic mass is 16.6. The molecule has 408 valence electrons. The van der Waals surface area contributed by atoms with E-state index in [4.69, 9.17) is 14.2 Å². The molecule has 0 N–H and O–H groups in total. The Balaban J connectivity index is 4.17. The standard InChI is InChI=1S/C64H116O6/c1-4-7-10-13-16-19-22-24-26-27-28-29-30-31-32-33-34-35-36-37-38-40-42-45-48-51-54-57-63(66)69-60-61(59-68-62(65)56-53-50-47-44-41-21-18-15-12-9-6-3)70-64(67)58-55-52-49-46-43-39-25-23-20-17-14-11-8-5-2/h15,18,22-25,27-28,61H,4-14,16-17,19-21,26,29-60H2,1-3H3/b18-15-,24-22-,25-23-,28-27-. The molecule has 6 heteroatoms. The van der Waals surface area contributed by atoms with E-state index in [1.54, 1.807) is 0 Å². The molecule has 0 saturated heterocycles. The van der Waals surface area contributed by atoms with Crippen molar-refractivity contribution in [2.24, 2.45) is 0 Å². The van der Waals surface area contributed by atoms with Crippen molar-refractivity contribution in [3.05, 3.63) is 48.6 Å². The Bertz CT molecular complexity index is 1220. The first-order valence-electron chi connectivity index (χ1n) is 30.6. The summed E-state index contributed by atoms with van der Waals surface area (Å²) in [5.74, 6) is -0.882. The largest absolute Gasteiger partial charge is 0.462 e. The van der Waals surface area contributed by atoms with Crippen LogP contribution >= 0.6 is 0 Å². The van der Waals surface area contributed by atoms with Crippen molar-refractivity contribution in [1.82, 2.24) is 0 Å². The lowest BCUT2D eigenvalue weighted by Gasteiger charge is -2.18. The molecule has 0 aromatic rings. The molecule has 1 unspecified atom stereocenters. The van der Waals surface area contributed by atoms with Gasteiger partial charge in [0, 0.05) is 19.3 Å². The van der Waals surface area contributed by atoms with E-state index < -0.39 is 6.10 Å². The summed E-state index contributed by atoms with van der Waals surface area (Å²) in [6.45, 7) is 6.60. The number of ether oxygens (including phenoxy) is 3. The van der Waals surface area contributed by atoms with Gasteiger partial charge in [-0.05, 0) is 96.3 Å². The highest BCUT2D eigenvalue weighted by Crippen LogP contribution is 2.16. The second kappa shape index (κ2) is 58.9. The Morgan fingerprint density at radius 2 is 0.529 bits per heavy atom. The Kier molecular flexibility index (Phi) is 56.7. The van der Waals surface area contributed by atoms with Gasteiger partial charge in [-0.3, -0.25) is 14.4 Å². The van der Waals surface area contributed by atoms with Crippen molar-refractivity contribution < 1.29 is 28.6 Å².